The number of benzene rings is 9. The molecule has 0 spiro atoms. The lowest BCUT2D eigenvalue weighted by Crippen LogP contribution is -2.10. The standard InChI is InChI=1S/C50H34N2O/c1-33-12-10-19-40(30-33)52(39-25-22-36(23-26-39)43-21-11-18-34-15-8-9-20-42(34)43)41-27-28-44-45(35-13-4-2-5-14-35)31-38-24-29-47-49(48(38)46(44)32-41)51-50(53-47)37-16-6-3-7-17-37/h2-32H,1H3. The summed E-state index contributed by atoms with van der Waals surface area (Å²) < 4.78 is 6.41. The molecule has 0 atom stereocenters. The topological polar surface area (TPSA) is 29.3 Å². The molecule has 0 amide bonds. The molecule has 0 saturated carbocycles. The van der Waals surface area contributed by atoms with E-state index < -0.39 is 0 Å². The van der Waals surface area contributed by atoms with Crippen LogP contribution in [0, 0.1) is 6.92 Å². The van der Waals surface area contributed by atoms with Crippen molar-refractivity contribution >= 4 is 60.5 Å². The molecule has 0 aliphatic carbocycles. The third-order valence-corrected chi connectivity index (χ3v) is 10.3. The van der Waals surface area contributed by atoms with Crippen LogP contribution in [0.15, 0.2) is 192 Å². The molecule has 10 aromatic rings. The SMILES string of the molecule is Cc1cccc(N(c2ccc(-c3cccc4ccccc34)cc2)c2ccc3c(-c4ccccc4)cc4ccc5oc(-c6ccccc6)nc5c4c3c2)c1. The molecule has 53 heavy (non-hydrogen) atoms. The summed E-state index contributed by atoms with van der Waals surface area (Å²) in [6.07, 6.45) is 0. The molecule has 0 saturated heterocycles. The van der Waals surface area contributed by atoms with Gasteiger partial charge in [0.2, 0.25) is 5.89 Å². The van der Waals surface area contributed by atoms with Gasteiger partial charge < -0.3 is 9.32 Å². The minimum Gasteiger partial charge on any atom is -0.436 e. The van der Waals surface area contributed by atoms with Gasteiger partial charge in [0.1, 0.15) is 5.52 Å². The van der Waals surface area contributed by atoms with Crippen molar-refractivity contribution in [2.45, 2.75) is 6.92 Å². The Balaban J connectivity index is 1.20. The molecule has 9 aromatic carbocycles. The highest BCUT2D eigenvalue weighted by Crippen LogP contribution is 2.43. The minimum atomic E-state index is 0.622. The second-order valence-electron chi connectivity index (χ2n) is 13.7. The fourth-order valence-electron chi connectivity index (χ4n) is 7.80. The van der Waals surface area contributed by atoms with E-state index in [1.807, 2.05) is 30.3 Å². The maximum absolute atomic E-state index is 6.41. The molecule has 250 valence electrons. The zero-order valence-electron chi connectivity index (χ0n) is 29.2. The van der Waals surface area contributed by atoms with Gasteiger partial charge in [0.05, 0.1) is 0 Å². The molecule has 0 aliphatic heterocycles. The Labute approximate surface area is 308 Å². The Kier molecular flexibility index (Phi) is 7.36. The lowest BCUT2D eigenvalue weighted by Gasteiger charge is -2.27. The van der Waals surface area contributed by atoms with Crippen LogP contribution in [0.1, 0.15) is 5.56 Å². The van der Waals surface area contributed by atoms with Crippen molar-refractivity contribution in [3.8, 4) is 33.7 Å². The lowest BCUT2D eigenvalue weighted by molar-refractivity contribution is 0.620. The first-order chi connectivity index (χ1) is 26.2. The molecular weight excluding hydrogens is 645 g/mol. The summed E-state index contributed by atoms with van der Waals surface area (Å²) in [7, 11) is 0. The van der Waals surface area contributed by atoms with Gasteiger partial charge in [-0.05, 0) is 122 Å². The highest BCUT2D eigenvalue weighted by Gasteiger charge is 2.19. The van der Waals surface area contributed by atoms with Crippen LogP contribution in [-0.2, 0) is 0 Å². The molecule has 0 bridgehead atoms. The summed E-state index contributed by atoms with van der Waals surface area (Å²) in [5.74, 6) is 0.622. The van der Waals surface area contributed by atoms with Gasteiger partial charge in [-0.2, -0.15) is 0 Å². The quantitative estimate of drug-likeness (QED) is 0.164. The number of fused-ring (bicyclic) bond motifs is 6. The normalized spacial score (nSPS) is 11.5. The summed E-state index contributed by atoms with van der Waals surface area (Å²) in [6, 6.07) is 67.0. The first kappa shape index (κ1) is 30.8. The Morgan fingerprint density at radius 2 is 1.11 bits per heavy atom. The summed E-state index contributed by atoms with van der Waals surface area (Å²) in [5.41, 5.74) is 11.8. The van der Waals surface area contributed by atoms with E-state index >= 15 is 0 Å². The van der Waals surface area contributed by atoms with Crippen molar-refractivity contribution in [1.29, 1.82) is 0 Å². The monoisotopic (exact) mass is 678 g/mol. The Bertz CT molecular complexity index is 2940. The second-order valence-corrected chi connectivity index (χ2v) is 13.7. The van der Waals surface area contributed by atoms with E-state index in [2.05, 4.69) is 170 Å². The van der Waals surface area contributed by atoms with Crippen LogP contribution in [0.4, 0.5) is 17.1 Å². The van der Waals surface area contributed by atoms with E-state index in [0.717, 1.165) is 49.9 Å². The van der Waals surface area contributed by atoms with Gasteiger partial charge >= 0.3 is 0 Å². The number of hydrogen-bond donors (Lipinski definition) is 0. The van der Waals surface area contributed by atoms with Crippen LogP contribution in [0.3, 0.4) is 0 Å². The predicted molar refractivity (Wildman–Crippen MR) is 222 cm³/mol. The van der Waals surface area contributed by atoms with Gasteiger partial charge in [-0.3, -0.25) is 0 Å². The van der Waals surface area contributed by atoms with E-state index in [0.29, 0.717) is 5.89 Å². The maximum Gasteiger partial charge on any atom is 0.227 e. The van der Waals surface area contributed by atoms with E-state index in [4.69, 9.17) is 9.40 Å². The zero-order chi connectivity index (χ0) is 35.3. The van der Waals surface area contributed by atoms with Gasteiger partial charge in [-0.15, -0.1) is 0 Å². The van der Waals surface area contributed by atoms with Crippen molar-refractivity contribution < 1.29 is 4.42 Å². The molecule has 10 rings (SSSR count). The number of aryl methyl sites for hydroxylation is 1. The van der Waals surface area contributed by atoms with Crippen molar-refractivity contribution in [2.75, 3.05) is 4.90 Å². The Hall–Kier alpha value is -6.97. The molecule has 3 heteroatoms. The number of aromatic nitrogens is 1. The van der Waals surface area contributed by atoms with E-state index in [1.165, 1.54) is 44.0 Å². The van der Waals surface area contributed by atoms with E-state index in [1.54, 1.807) is 0 Å². The molecule has 0 radical (unpaired) electrons. The molecule has 0 unspecified atom stereocenters. The minimum absolute atomic E-state index is 0.622. The number of oxazole rings is 1. The largest absolute Gasteiger partial charge is 0.436 e. The summed E-state index contributed by atoms with van der Waals surface area (Å²) in [4.78, 5) is 7.51. The summed E-state index contributed by atoms with van der Waals surface area (Å²) in [6.45, 7) is 2.15. The van der Waals surface area contributed by atoms with Gasteiger partial charge in [-0.1, -0.05) is 127 Å². The maximum atomic E-state index is 6.41. The molecule has 3 nitrogen and oxygen atoms in total. The predicted octanol–water partition coefficient (Wildman–Crippen LogP) is 14.1. The van der Waals surface area contributed by atoms with Crippen LogP contribution in [0.25, 0.3) is 77.1 Å². The van der Waals surface area contributed by atoms with Crippen molar-refractivity contribution in [3.63, 3.8) is 0 Å². The van der Waals surface area contributed by atoms with Gasteiger partial charge in [-0.25, -0.2) is 4.98 Å². The van der Waals surface area contributed by atoms with Crippen molar-refractivity contribution in [1.82, 2.24) is 4.98 Å². The summed E-state index contributed by atoms with van der Waals surface area (Å²) >= 11 is 0. The fraction of sp³-hybridized carbons (Fsp3) is 0.0200. The van der Waals surface area contributed by atoms with Crippen LogP contribution < -0.4 is 4.90 Å². The smallest absolute Gasteiger partial charge is 0.227 e. The molecular formula is C50H34N2O. The van der Waals surface area contributed by atoms with Crippen LogP contribution >= 0.6 is 0 Å². The Morgan fingerprint density at radius 3 is 1.92 bits per heavy atom. The fourth-order valence-corrected chi connectivity index (χ4v) is 7.80. The van der Waals surface area contributed by atoms with Gasteiger partial charge in [0.15, 0.2) is 5.58 Å². The van der Waals surface area contributed by atoms with Crippen LogP contribution in [0.2, 0.25) is 0 Å². The van der Waals surface area contributed by atoms with Crippen molar-refractivity contribution in [3.05, 3.63) is 194 Å². The first-order valence-electron chi connectivity index (χ1n) is 18.0. The number of nitrogens with zero attached hydrogens (tertiary/aromatic N) is 2. The molecule has 1 heterocycles. The van der Waals surface area contributed by atoms with Crippen molar-refractivity contribution in [2.24, 2.45) is 0 Å². The number of hydrogen-bond acceptors (Lipinski definition) is 3. The number of anilines is 3. The van der Waals surface area contributed by atoms with Crippen LogP contribution in [-0.4, -0.2) is 4.98 Å². The third kappa shape index (κ3) is 5.42. The summed E-state index contributed by atoms with van der Waals surface area (Å²) in [5, 5.41) is 6.99. The number of rotatable bonds is 6. The molecule has 1 aromatic heterocycles. The first-order valence-corrected chi connectivity index (χ1v) is 18.0. The highest BCUT2D eigenvalue weighted by atomic mass is 16.3. The average Bonchev–Trinajstić information content (AvgIpc) is 3.66. The van der Waals surface area contributed by atoms with Gasteiger partial charge in [0, 0.05) is 28.0 Å². The van der Waals surface area contributed by atoms with Gasteiger partial charge in [0.25, 0.3) is 0 Å². The Morgan fingerprint density at radius 1 is 0.434 bits per heavy atom. The average molecular weight is 679 g/mol. The highest BCUT2D eigenvalue weighted by molar-refractivity contribution is 6.22. The van der Waals surface area contributed by atoms with E-state index in [-0.39, 0.29) is 0 Å². The third-order valence-electron chi connectivity index (χ3n) is 10.3. The van der Waals surface area contributed by atoms with Crippen LogP contribution in [0.5, 0.6) is 0 Å². The second kappa shape index (κ2) is 12.7. The zero-order valence-corrected chi connectivity index (χ0v) is 29.2. The van der Waals surface area contributed by atoms with E-state index in [9.17, 15) is 0 Å². The lowest BCUT2D eigenvalue weighted by atomic mass is 9.92. The molecule has 0 fully saturated rings. The molecule has 0 aliphatic rings. The molecule has 0 N–H and O–H groups in total.